The van der Waals surface area contributed by atoms with Gasteiger partial charge in [0.25, 0.3) is 0 Å². The second-order valence-electron chi connectivity index (χ2n) is 10.5. The smallest absolute Gasteiger partial charge is 0.509 e. The molecule has 5 nitrogen and oxygen atoms in total. The van der Waals surface area contributed by atoms with Crippen LogP contribution in [0.4, 0.5) is 0 Å². The third-order valence-electron chi connectivity index (χ3n) is 7.49. The maximum Gasteiger partial charge on any atom is 2.00 e. The first-order valence-corrected chi connectivity index (χ1v) is 13.7. The third-order valence-corrected chi connectivity index (χ3v) is 7.49. The first kappa shape index (κ1) is 27.7. The van der Waals surface area contributed by atoms with E-state index in [1.165, 1.54) is 10.9 Å². The predicted molar refractivity (Wildman–Crippen MR) is 164 cm³/mol. The topological polar surface area (TPSA) is 44.9 Å². The molecule has 0 saturated carbocycles. The molecule has 0 amide bonds. The zero-order valence-electron chi connectivity index (χ0n) is 23.8. The quantitative estimate of drug-likeness (QED) is 0.167. The van der Waals surface area contributed by atoms with Gasteiger partial charge in [0.1, 0.15) is 5.82 Å². The Morgan fingerprint density at radius 3 is 2.31 bits per heavy atom. The van der Waals surface area contributed by atoms with Crippen molar-refractivity contribution in [1.82, 2.24) is 19.3 Å². The van der Waals surface area contributed by atoms with Crippen molar-refractivity contribution in [2.24, 2.45) is 0 Å². The monoisotopic (exact) mass is 727 g/mol. The molecule has 208 valence electrons. The van der Waals surface area contributed by atoms with Crippen molar-refractivity contribution < 1.29 is 25.8 Å². The number of ether oxygens (including phenoxy) is 1. The predicted octanol–water partition coefficient (Wildman–Crippen LogP) is 8.66. The van der Waals surface area contributed by atoms with Crippen LogP contribution in [0.5, 0.6) is 11.5 Å². The summed E-state index contributed by atoms with van der Waals surface area (Å²) in [6, 6.07) is 37.9. The Balaban J connectivity index is 0.00000316. The molecule has 0 saturated heterocycles. The largest absolute Gasteiger partial charge is 2.00 e. The number of pyridine rings is 1. The summed E-state index contributed by atoms with van der Waals surface area (Å²) in [4.78, 5) is 4.69. The molecule has 6 heteroatoms. The zero-order chi connectivity index (χ0) is 28.1. The van der Waals surface area contributed by atoms with E-state index in [9.17, 15) is 0 Å². The van der Waals surface area contributed by atoms with E-state index in [1.54, 1.807) is 0 Å². The number of rotatable bonds is 5. The van der Waals surface area contributed by atoms with Gasteiger partial charge in [-0.3, -0.25) is 4.68 Å². The summed E-state index contributed by atoms with van der Waals surface area (Å²) in [5, 5.41) is 7.11. The standard InChI is InChI=1S/C36H28N4O.Pt/c1-23-13-16-33-32(19-23)31-15-14-30(22-34(31)39(33)35-20-24(2)17-18-37-35)41-29-12-8-11-28(21-29)40-26(4)36(25(3)38-40)27-9-6-5-7-10-27;/h5-20H,1-4H3;/q-2;+2. The number of hydrogen-bond acceptors (Lipinski definition) is 3. The minimum absolute atomic E-state index is 0. The molecule has 0 atom stereocenters. The fourth-order valence-electron chi connectivity index (χ4n) is 5.62. The maximum absolute atomic E-state index is 6.36. The van der Waals surface area contributed by atoms with Crippen molar-refractivity contribution in [1.29, 1.82) is 0 Å². The van der Waals surface area contributed by atoms with E-state index in [4.69, 9.17) is 9.84 Å². The van der Waals surface area contributed by atoms with E-state index in [2.05, 4.69) is 97.1 Å². The molecule has 7 rings (SSSR count). The third kappa shape index (κ3) is 4.84. The van der Waals surface area contributed by atoms with Gasteiger partial charge in [-0.2, -0.15) is 17.2 Å². The Kier molecular flexibility index (Phi) is 7.30. The first-order chi connectivity index (χ1) is 20.0. The Labute approximate surface area is 259 Å². The van der Waals surface area contributed by atoms with Gasteiger partial charge in [0.15, 0.2) is 0 Å². The summed E-state index contributed by atoms with van der Waals surface area (Å²) in [5.74, 6) is 2.06. The summed E-state index contributed by atoms with van der Waals surface area (Å²) in [7, 11) is 0. The second kappa shape index (κ2) is 11.1. The van der Waals surface area contributed by atoms with E-state index in [1.807, 2.05) is 54.2 Å². The summed E-state index contributed by atoms with van der Waals surface area (Å²) in [6.45, 7) is 8.32. The molecule has 0 unspecified atom stereocenters. The summed E-state index contributed by atoms with van der Waals surface area (Å²) < 4.78 is 10.4. The van der Waals surface area contributed by atoms with Gasteiger partial charge in [-0.1, -0.05) is 53.5 Å². The molecule has 3 aromatic heterocycles. The number of aryl methyl sites for hydroxylation is 3. The molecule has 0 N–H and O–H groups in total. The molecule has 0 bridgehead atoms. The number of hydrogen-bond donors (Lipinski definition) is 0. The Hall–Kier alpha value is -4.47. The van der Waals surface area contributed by atoms with Gasteiger partial charge in [0.05, 0.1) is 5.69 Å². The van der Waals surface area contributed by atoms with Crippen LogP contribution in [0.25, 0.3) is 44.4 Å². The number of fused-ring (bicyclic) bond motifs is 3. The van der Waals surface area contributed by atoms with Gasteiger partial charge in [-0.25, -0.2) is 4.98 Å². The fraction of sp³-hybridized carbons (Fsp3) is 0.111. The van der Waals surface area contributed by atoms with Crippen LogP contribution in [-0.4, -0.2) is 19.3 Å². The van der Waals surface area contributed by atoms with E-state index < -0.39 is 0 Å². The molecule has 3 heterocycles. The number of benzene rings is 4. The van der Waals surface area contributed by atoms with Crippen molar-refractivity contribution in [3.63, 3.8) is 0 Å². The van der Waals surface area contributed by atoms with Crippen LogP contribution >= 0.6 is 0 Å². The maximum atomic E-state index is 6.36. The average molecular weight is 728 g/mol. The van der Waals surface area contributed by atoms with Gasteiger partial charge in [0, 0.05) is 34.5 Å². The molecule has 0 radical (unpaired) electrons. The second-order valence-corrected chi connectivity index (χ2v) is 10.5. The van der Waals surface area contributed by atoms with Crippen molar-refractivity contribution in [2.75, 3.05) is 0 Å². The molecule has 7 aromatic rings. The van der Waals surface area contributed by atoms with E-state index in [0.29, 0.717) is 11.5 Å². The SMILES string of the molecule is Cc1ccnc(-n2c3[c-]c(Oc4[c-]c(-n5nc(C)c(-c6ccccc6)c5C)ccc4)ccc3c3cc(C)ccc32)c1.[Pt+2]. The molecule has 0 fully saturated rings. The van der Waals surface area contributed by atoms with Gasteiger partial charge >= 0.3 is 21.1 Å². The first-order valence-electron chi connectivity index (χ1n) is 13.7. The molecular weight excluding hydrogens is 700 g/mol. The molecular formula is C36H28N4OPt. The molecule has 42 heavy (non-hydrogen) atoms. The molecule has 4 aromatic carbocycles. The number of nitrogens with zero attached hydrogens (tertiary/aromatic N) is 4. The van der Waals surface area contributed by atoms with Gasteiger partial charge < -0.3 is 9.30 Å². The van der Waals surface area contributed by atoms with Gasteiger partial charge in [-0.05, 0) is 68.1 Å². The Morgan fingerprint density at radius 2 is 1.50 bits per heavy atom. The average Bonchev–Trinajstić information content (AvgIpc) is 3.46. The minimum atomic E-state index is 0. The van der Waals surface area contributed by atoms with Crippen LogP contribution in [0.1, 0.15) is 22.5 Å². The molecule has 0 spiro atoms. The van der Waals surface area contributed by atoms with Crippen molar-refractivity contribution in [2.45, 2.75) is 27.7 Å². The van der Waals surface area contributed by atoms with Crippen LogP contribution in [0.3, 0.4) is 0 Å². The van der Waals surface area contributed by atoms with E-state index in [-0.39, 0.29) is 21.1 Å². The van der Waals surface area contributed by atoms with E-state index >= 15 is 0 Å². The van der Waals surface area contributed by atoms with Crippen molar-refractivity contribution >= 4 is 21.8 Å². The Bertz CT molecular complexity index is 2070. The summed E-state index contributed by atoms with van der Waals surface area (Å²) >= 11 is 0. The minimum Gasteiger partial charge on any atom is -0.509 e. The van der Waals surface area contributed by atoms with Gasteiger partial charge in [-0.15, -0.1) is 35.7 Å². The Morgan fingerprint density at radius 1 is 0.714 bits per heavy atom. The van der Waals surface area contributed by atoms with Crippen LogP contribution < -0.4 is 4.74 Å². The van der Waals surface area contributed by atoms with Crippen molar-refractivity contribution in [3.8, 4) is 34.1 Å². The van der Waals surface area contributed by atoms with Crippen LogP contribution in [0.2, 0.25) is 0 Å². The van der Waals surface area contributed by atoms with Crippen LogP contribution in [0.15, 0.2) is 97.2 Å². The molecule has 0 aliphatic carbocycles. The van der Waals surface area contributed by atoms with Crippen LogP contribution in [0, 0.1) is 39.8 Å². The number of aromatic nitrogens is 4. The molecule has 0 aliphatic rings. The normalized spacial score (nSPS) is 11.1. The summed E-state index contributed by atoms with van der Waals surface area (Å²) in [6.07, 6.45) is 1.85. The fourth-order valence-corrected chi connectivity index (χ4v) is 5.62. The molecule has 0 aliphatic heterocycles. The zero-order valence-corrected chi connectivity index (χ0v) is 26.0. The van der Waals surface area contributed by atoms with Gasteiger partial charge in [0.2, 0.25) is 0 Å². The van der Waals surface area contributed by atoms with Crippen LogP contribution in [-0.2, 0) is 21.1 Å². The summed E-state index contributed by atoms with van der Waals surface area (Å²) in [5.41, 5.74) is 9.50. The van der Waals surface area contributed by atoms with E-state index in [0.717, 1.165) is 56.0 Å². The van der Waals surface area contributed by atoms with Crippen molar-refractivity contribution in [3.05, 3.63) is 132 Å².